The molecular formula is C26H25FN4O2. The van der Waals surface area contributed by atoms with Crippen LogP contribution in [0.5, 0.6) is 0 Å². The molecule has 0 N–H and O–H groups in total. The van der Waals surface area contributed by atoms with Crippen LogP contribution in [0, 0.1) is 11.7 Å². The van der Waals surface area contributed by atoms with Gasteiger partial charge in [0.15, 0.2) is 5.65 Å². The van der Waals surface area contributed by atoms with Crippen LogP contribution in [0.15, 0.2) is 66.7 Å². The van der Waals surface area contributed by atoms with E-state index in [0.717, 1.165) is 42.0 Å². The Morgan fingerprint density at radius 1 is 1.06 bits per heavy atom. The number of benzene rings is 2. The van der Waals surface area contributed by atoms with Crippen molar-refractivity contribution < 1.29 is 13.9 Å². The lowest BCUT2D eigenvalue weighted by atomic mass is 9.98. The molecule has 0 amide bonds. The zero-order valence-corrected chi connectivity index (χ0v) is 18.4. The van der Waals surface area contributed by atoms with E-state index >= 15 is 0 Å². The SMILES string of the molecule is CCOC(=O)C1CCCN(c2cc(-c3ccccc3)nc3cc(-c4ccc(F)cc4)nn23)C1. The van der Waals surface area contributed by atoms with Gasteiger partial charge in [0.05, 0.1) is 23.9 Å². The molecule has 2 aromatic heterocycles. The van der Waals surface area contributed by atoms with Crippen molar-refractivity contribution in [3.8, 4) is 22.5 Å². The summed E-state index contributed by atoms with van der Waals surface area (Å²) >= 11 is 0. The molecule has 4 aromatic rings. The van der Waals surface area contributed by atoms with Crippen molar-refractivity contribution in [1.82, 2.24) is 14.6 Å². The maximum absolute atomic E-state index is 13.4. The standard InChI is InChI=1S/C26H25FN4O2/c1-2-33-26(32)20-9-6-14-30(17-20)25-16-22(18-7-4-3-5-8-18)28-24-15-23(29-31(24)25)19-10-12-21(27)13-11-19/h3-5,7-8,10-13,15-16,20H,2,6,9,14,17H2,1H3. The van der Waals surface area contributed by atoms with Gasteiger partial charge < -0.3 is 9.64 Å². The minimum Gasteiger partial charge on any atom is -0.466 e. The van der Waals surface area contributed by atoms with Crippen molar-refractivity contribution >= 4 is 17.4 Å². The minimum atomic E-state index is -0.286. The predicted molar refractivity (Wildman–Crippen MR) is 125 cm³/mol. The predicted octanol–water partition coefficient (Wildman–Crippen LogP) is 4.98. The number of aromatic nitrogens is 3. The molecule has 168 valence electrons. The first-order chi connectivity index (χ1) is 16.1. The monoisotopic (exact) mass is 444 g/mol. The number of rotatable bonds is 5. The zero-order chi connectivity index (χ0) is 22.8. The largest absolute Gasteiger partial charge is 0.466 e. The Kier molecular flexibility index (Phi) is 5.77. The summed E-state index contributed by atoms with van der Waals surface area (Å²) in [6.07, 6.45) is 1.70. The summed E-state index contributed by atoms with van der Waals surface area (Å²) in [4.78, 5) is 19.5. The van der Waals surface area contributed by atoms with Gasteiger partial charge in [-0.25, -0.2) is 9.37 Å². The molecule has 6 nitrogen and oxygen atoms in total. The molecule has 0 aliphatic carbocycles. The second-order valence-electron chi connectivity index (χ2n) is 8.21. The highest BCUT2D eigenvalue weighted by Gasteiger charge is 2.29. The third-order valence-corrected chi connectivity index (χ3v) is 5.98. The van der Waals surface area contributed by atoms with Crippen molar-refractivity contribution in [2.75, 3.05) is 24.6 Å². The van der Waals surface area contributed by atoms with Crippen molar-refractivity contribution in [2.24, 2.45) is 5.92 Å². The van der Waals surface area contributed by atoms with E-state index in [1.54, 1.807) is 12.1 Å². The van der Waals surface area contributed by atoms with E-state index in [4.69, 9.17) is 14.8 Å². The van der Waals surface area contributed by atoms with Crippen LogP contribution >= 0.6 is 0 Å². The number of hydrogen-bond donors (Lipinski definition) is 0. The smallest absolute Gasteiger partial charge is 0.310 e. The molecule has 33 heavy (non-hydrogen) atoms. The molecule has 0 saturated carbocycles. The van der Waals surface area contributed by atoms with Gasteiger partial charge in [0, 0.05) is 36.3 Å². The van der Waals surface area contributed by atoms with Gasteiger partial charge in [-0.05, 0) is 44.0 Å². The molecule has 0 bridgehead atoms. The van der Waals surface area contributed by atoms with Gasteiger partial charge in [0.1, 0.15) is 11.6 Å². The van der Waals surface area contributed by atoms with Crippen molar-refractivity contribution in [3.63, 3.8) is 0 Å². The molecule has 1 fully saturated rings. The Hall–Kier alpha value is -3.74. The average molecular weight is 445 g/mol. The maximum Gasteiger partial charge on any atom is 0.310 e. The molecule has 1 aliphatic rings. The fourth-order valence-electron chi connectivity index (χ4n) is 4.34. The van der Waals surface area contributed by atoms with E-state index < -0.39 is 0 Å². The van der Waals surface area contributed by atoms with E-state index in [-0.39, 0.29) is 17.7 Å². The number of hydrogen-bond acceptors (Lipinski definition) is 5. The molecule has 1 aliphatic heterocycles. The van der Waals surface area contributed by atoms with E-state index in [1.807, 2.05) is 53.9 Å². The molecule has 3 heterocycles. The Balaban J connectivity index is 1.60. The number of fused-ring (bicyclic) bond motifs is 1. The Labute approximate surface area is 191 Å². The van der Waals surface area contributed by atoms with Gasteiger partial charge in [-0.3, -0.25) is 4.79 Å². The maximum atomic E-state index is 13.4. The summed E-state index contributed by atoms with van der Waals surface area (Å²) in [5.41, 5.74) is 4.07. The first-order valence-corrected chi connectivity index (χ1v) is 11.3. The number of halogens is 1. The molecule has 2 aromatic carbocycles. The van der Waals surface area contributed by atoms with Crippen LogP contribution in [-0.4, -0.2) is 40.3 Å². The Bertz CT molecular complexity index is 1270. The lowest BCUT2D eigenvalue weighted by Gasteiger charge is -2.33. The number of ether oxygens (including phenoxy) is 1. The summed E-state index contributed by atoms with van der Waals surface area (Å²) in [5.74, 6) is 0.268. The van der Waals surface area contributed by atoms with Gasteiger partial charge in [-0.1, -0.05) is 30.3 Å². The van der Waals surface area contributed by atoms with Crippen LogP contribution in [0.2, 0.25) is 0 Å². The fourth-order valence-corrected chi connectivity index (χ4v) is 4.34. The van der Waals surface area contributed by atoms with Gasteiger partial charge in [-0.15, -0.1) is 0 Å². The van der Waals surface area contributed by atoms with Crippen LogP contribution in [-0.2, 0) is 9.53 Å². The lowest BCUT2D eigenvalue weighted by molar-refractivity contribution is -0.148. The number of esters is 1. The number of nitrogens with zero attached hydrogens (tertiary/aromatic N) is 4. The minimum absolute atomic E-state index is 0.150. The number of carbonyl (C=O) groups excluding carboxylic acids is 1. The first kappa shape index (κ1) is 21.1. The summed E-state index contributed by atoms with van der Waals surface area (Å²) in [6, 6.07) is 20.2. The zero-order valence-electron chi connectivity index (χ0n) is 18.4. The van der Waals surface area contributed by atoms with Crippen LogP contribution in [0.1, 0.15) is 19.8 Å². The van der Waals surface area contributed by atoms with Gasteiger partial charge >= 0.3 is 5.97 Å². The van der Waals surface area contributed by atoms with Crippen LogP contribution in [0.25, 0.3) is 28.2 Å². The van der Waals surface area contributed by atoms with Crippen LogP contribution in [0.4, 0.5) is 10.2 Å². The highest BCUT2D eigenvalue weighted by Crippen LogP contribution is 2.30. The molecule has 7 heteroatoms. The van der Waals surface area contributed by atoms with Crippen molar-refractivity contribution in [2.45, 2.75) is 19.8 Å². The highest BCUT2D eigenvalue weighted by atomic mass is 19.1. The van der Waals surface area contributed by atoms with Gasteiger partial charge in [0.2, 0.25) is 0 Å². The average Bonchev–Trinajstić information content (AvgIpc) is 3.29. The Morgan fingerprint density at radius 3 is 2.58 bits per heavy atom. The molecule has 1 saturated heterocycles. The van der Waals surface area contributed by atoms with Crippen molar-refractivity contribution in [1.29, 1.82) is 0 Å². The molecule has 0 spiro atoms. The number of carbonyl (C=O) groups is 1. The summed E-state index contributed by atoms with van der Waals surface area (Å²) in [6.45, 7) is 3.60. The topological polar surface area (TPSA) is 59.7 Å². The lowest BCUT2D eigenvalue weighted by Crippen LogP contribution is -2.40. The van der Waals surface area contributed by atoms with E-state index in [9.17, 15) is 9.18 Å². The quantitative estimate of drug-likeness (QED) is 0.406. The van der Waals surface area contributed by atoms with Crippen LogP contribution in [0.3, 0.4) is 0 Å². The van der Waals surface area contributed by atoms with Crippen molar-refractivity contribution in [3.05, 3.63) is 72.5 Å². The second kappa shape index (κ2) is 9.02. The fraction of sp³-hybridized carbons (Fsp3) is 0.269. The molecule has 5 rings (SSSR count). The number of piperidine rings is 1. The Morgan fingerprint density at radius 2 is 1.82 bits per heavy atom. The molecule has 0 radical (unpaired) electrons. The van der Waals surface area contributed by atoms with E-state index in [2.05, 4.69) is 4.90 Å². The summed E-state index contributed by atoms with van der Waals surface area (Å²) in [5, 5.41) is 4.80. The molecule has 1 atom stereocenters. The third-order valence-electron chi connectivity index (χ3n) is 5.98. The summed E-state index contributed by atoms with van der Waals surface area (Å²) in [7, 11) is 0. The third kappa shape index (κ3) is 4.31. The van der Waals surface area contributed by atoms with Gasteiger partial charge in [0.25, 0.3) is 0 Å². The van der Waals surface area contributed by atoms with Crippen LogP contribution < -0.4 is 4.90 Å². The van der Waals surface area contributed by atoms with E-state index in [0.29, 0.717) is 24.5 Å². The van der Waals surface area contributed by atoms with Gasteiger partial charge in [-0.2, -0.15) is 9.61 Å². The first-order valence-electron chi connectivity index (χ1n) is 11.3. The molecule has 1 unspecified atom stereocenters. The van der Waals surface area contributed by atoms with E-state index in [1.165, 1.54) is 12.1 Å². The normalized spacial score (nSPS) is 16.2. The second-order valence-corrected chi connectivity index (χ2v) is 8.21. The number of anilines is 1. The summed E-state index contributed by atoms with van der Waals surface area (Å²) < 4.78 is 20.5. The molecular weight excluding hydrogens is 419 g/mol. The highest BCUT2D eigenvalue weighted by molar-refractivity contribution is 5.75.